The highest BCUT2D eigenvalue weighted by Crippen LogP contribution is 2.34. The van der Waals surface area contributed by atoms with Gasteiger partial charge in [-0.2, -0.15) is 4.98 Å². The fourth-order valence-electron chi connectivity index (χ4n) is 3.47. The van der Waals surface area contributed by atoms with Crippen LogP contribution in [0.3, 0.4) is 0 Å². The van der Waals surface area contributed by atoms with Crippen LogP contribution >= 0.6 is 0 Å². The van der Waals surface area contributed by atoms with E-state index in [1.165, 1.54) is 4.57 Å². The number of nitrogens with one attached hydrogen (secondary N) is 2. The van der Waals surface area contributed by atoms with E-state index in [2.05, 4.69) is 25.3 Å². The predicted octanol–water partition coefficient (Wildman–Crippen LogP) is -3.11. The smallest absolute Gasteiger partial charge is 0.280 e. The zero-order valence-electron chi connectivity index (χ0n) is 15.3. The first-order chi connectivity index (χ1) is 13.4. The number of nitrogen functional groups attached to an aromatic ring is 1. The van der Waals surface area contributed by atoms with Gasteiger partial charge in [0.25, 0.3) is 5.56 Å². The summed E-state index contributed by atoms with van der Waals surface area (Å²) in [5.41, 5.74) is 8.41. The number of H-pyrrole nitrogens is 1. The van der Waals surface area contributed by atoms with Gasteiger partial charge in [-0.3, -0.25) is 19.8 Å². The molecular weight excluding hydrogens is 372 g/mol. The van der Waals surface area contributed by atoms with Crippen LogP contribution in [0.5, 0.6) is 0 Å². The zero-order valence-corrected chi connectivity index (χ0v) is 15.3. The molecule has 0 bridgehead atoms. The normalized spacial score (nSPS) is 29.6. The van der Waals surface area contributed by atoms with Crippen LogP contribution in [0.25, 0.3) is 11.2 Å². The van der Waals surface area contributed by atoms with Crippen LogP contribution < -0.4 is 16.7 Å². The van der Waals surface area contributed by atoms with Crippen molar-refractivity contribution in [3.63, 3.8) is 0 Å². The third kappa shape index (κ3) is 3.21. The maximum atomic E-state index is 12.3. The Labute approximate surface area is 159 Å². The Kier molecular flexibility index (Phi) is 4.95. The van der Waals surface area contributed by atoms with Crippen molar-refractivity contribution in [3.05, 3.63) is 10.4 Å². The molecule has 4 atom stereocenters. The molecule has 0 saturated carbocycles. The largest absolute Gasteiger partial charge is 0.394 e. The van der Waals surface area contributed by atoms with Crippen LogP contribution in [-0.2, 0) is 4.74 Å². The Balaban J connectivity index is 1.77. The number of aliphatic hydroxyl groups is 3. The summed E-state index contributed by atoms with van der Waals surface area (Å²) in [5, 5.41) is 31.9. The second-order valence-corrected chi connectivity index (χ2v) is 7.06. The van der Waals surface area contributed by atoms with E-state index in [0.29, 0.717) is 13.1 Å². The lowest BCUT2D eigenvalue weighted by molar-refractivity contribution is -0.0504. The van der Waals surface area contributed by atoms with Crippen molar-refractivity contribution in [3.8, 4) is 0 Å². The number of aromatic amines is 1. The summed E-state index contributed by atoms with van der Waals surface area (Å²) in [6.07, 6.45) is -4.75. The molecule has 2 saturated heterocycles. The van der Waals surface area contributed by atoms with E-state index < -0.39 is 36.7 Å². The lowest BCUT2D eigenvalue weighted by Crippen LogP contribution is -2.47. The number of ether oxygens (including phenoxy) is 1. The fraction of sp³-hybridized carbons (Fsp3) is 0.667. The average Bonchev–Trinajstić information content (AvgIpc) is 3.15. The van der Waals surface area contributed by atoms with E-state index in [-0.39, 0.29) is 23.1 Å². The van der Waals surface area contributed by atoms with Gasteiger partial charge < -0.3 is 30.7 Å². The van der Waals surface area contributed by atoms with Gasteiger partial charge in [-0.05, 0) is 7.05 Å². The van der Waals surface area contributed by atoms with Gasteiger partial charge in [0.05, 0.1) is 6.61 Å². The van der Waals surface area contributed by atoms with Gasteiger partial charge in [0.15, 0.2) is 17.4 Å². The number of nitrogens with zero attached hydrogens (tertiary/aromatic N) is 5. The maximum absolute atomic E-state index is 12.3. The summed E-state index contributed by atoms with van der Waals surface area (Å²) >= 11 is 0. The van der Waals surface area contributed by atoms with Crippen LogP contribution in [0.4, 0.5) is 11.9 Å². The molecule has 154 valence electrons. The SMILES string of the molecule is CN1CCN(Nc2nc3c(=O)[nH]c(N)nc3n2C2OC(CO)C(O)C2O)CC1. The van der Waals surface area contributed by atoms with Gasteiger partial charge in [-0.15, -0.1) is 0 Å². The van der Waals surface area contributed by atoms with Crippen molar-refractivity contribution in [2.24, 2.45) is 0 Å². The number of hydrogen-bond acceptors (Lipinski definition) is 11. The van der Waals surface area contributed by atoms with Crippen molar-refractivity contribution in [1.29, 1.82) is 0 Å². The summed E-state index contributed by atoms with van der Waals surface area (Å²) in [5.74, 6) is 0.106. The molecular formula is C15H24N8O5. The molecule has 2 aromatic rings. The Morgan fingerprint density at radius 3 is 2.61 bits per heavy atom. The minimum absolute atomic E-state index is 0.0172. The Bertz CT molecular complexity index is 908. The lowest BCUT2D eigenvalue weighted by atomic mass is 10.1. The average molecular weight is 396 g/mol. The molecule has 2 fully saturated rings. The minimum Gasteiger partial charge on any atom is -0.394 e. The summed E-state index contributed by atoms with van der Waals surface area (Å²) in [6, 6.07) is 0. The van der Waals surface area contributed by atoms with Crippen LogP contribution in [0.1, 0.15) is 6.23 Å². The lowest BCUT2D eigenvalue weighted by Gasteiger charge is -2.33. The van der Waals surface area contributed by atoms with Gasteiger partial charge in [0.1, 0.15) is 18.3 Å². The molecule has 2 aromatic heterocycles. The molecule has 7 N–H and O–H groups in total. The van der Waals surface area contributed by atoms with Crippen molar-refractivity contribution in [1.82, 2.24) is 29.4 Å². The third-order valence-electron chi connectivity index (χ3n) is 5.10. The van der Waals surface area contributed by atoms with Crippen molar-refractivity contribution in [2.75, 3.05) is 51.0 Å². The molecule has 4 heterocycles. The molecule has 28 heavy (non-hydrogen) atoms. The van der Waals surface area contributed by atoms with Crippen LogP contribution in [0.15, 0.2) is 4.79 Å². The number of aromatic nitrogens is 4. The van der Waals surface area contributed by atoms with Gasteiger partial charge in [-0.1, -0.05) is 0 Å². The van der Waals surface area contributed by atoms with Gasteiger partial charge >= 0.3 is 0 Å². The number of hydrazine groups is 1. The van der Waals surface area contributed by atoms with E-state index in [9.17, 15) is 20.1 Å². The molecule has 13 heteroatoms. The van der Waals surface area contributed by atoms with Crippen LogP contribution in [-0.4, -0.2) is 103 Å². The summed E-state index contributed by atoms with van der Waals surface area (Å²) < 4.78 is 7.02. The van der Waals surface area contributed by atoms with E-state index in [1.54, 1.807) is 0 Å². The monoisotopic (exact) mass is 396 g/mol. The number of rotatable bonds is 4. The first-order valence-corrected chi connectivity index (χ1v) is 8.99. The molecule has 0 aromatic carbocycles. The fourth-order valence-corrected chi connectivity index (χ4v) is 3.47. The number of hydrogen-bond donors (Lipinski definition) is 6. The first kappa shape index (κ1) is 19.0. The maximum Gasteiger partial charge on any atom is 0.280 e. The zero-order chi connectivity index (χ0) is 20.0. The van der Waals surface area contributed by atoms with Crippen LogP contribution in [0, 0.1) is 0 Å². The highest BCUT2D eigenvalue weighted by Gasteiger charge is 2.45. The molecule has 0 aliphatic carbocycles. The number of nitrogens with two attached hydrogens (primary N) is 1. The Morgan fingerprint density at radius 1 is 1.25 bits per heavy atom. The van der Waals surface area contributed by atoms with E-state index in [0.717, 1.165) is 13.1 Å². The molecule has 0 spiro atoms. The van der Waals surface area contributed by atoms with Gasteiger partial charge in [-0.25, -0.2) is 9.99 Å². The van der Waals surface area contributed by atoms with E-state index in [1.807, 2.05) is 12.1 Å². The van der Waals surface area contributed by atoms with Gasteiger partial charge in [0, 0.05) is 26.2 Å². The molecule has 13 nitrogen and oxygen atoms in total. The third-order valence-corrected chi connectivity index (χ3v) is 5.10. The highest BCUT2D eigenvalue weighted by atomic mass is 16.6. The van der Waals surface area contributed by atoms with Crippen molar-refractivity contribution in [2.45, 2.75) is 24.5 Å². The molecule has 4 rings (SSSR count). The van der Waals surface area contributed by atoms with Crippen LogP contribution in [0.2, 0.25) is 0 Å². The van der Waals surface area contributed by atoms with Crippen molar-refractivity contribution >= 4 is 23.1 Å². The highest BCUT2D eigenvalue weighted by molar-refractivity contribution is 5.74. The number of fused-ring (bicyclic) bond motifs is 1. The van der Waals surface area contributed by atoms with Crippen molar-refractivity contribution < 1.29 is 20.1 Å². The molecule has 2 aliphatic heterocycles. The second-order valence-electron chi connectivity index (χ2n) is 7.06. The second kappa shape index (κ2) is 7.27. The van der Waals surface area contributed by atoms with E-state index in [4.69, 9.17) is 10.5 Å². The quantitative estimate of drug-likeness (QED) is 0.308. The Morgan fingerprint density at radius 2 is 1.96 bits per heavy atom. The standard InChI is InChI=1S/C15H24N8O5/c1-21-2-4-22(5-3-21)20-15-17-8-11(18-14(16)19-12(8)27)23(15)13-10(26)9(25)7(6-24)28-13/h7,9-10,13,24-26H,2-6H2,1H3,(H,17,20)(H3,16,18,19,27). The number of piperazine rings is 1. The molecule has 0 amide bonds. The molecule has 4 unspecified atom stereocenters. The predicted molar refractivity (Wildman–Crippen MR) is 98.3 cm³/mol. The van der Waals surface area contributed by atoms with Gasteiger partial charge in [0.2, 0.25) is 11.9 Å². The molecule has 0 radical (unpaired) electrons. The topological polar surface area (TPSA) is 178 Å². The first-order valence-electron chi connectivity index (χ1n) is 8.99. The molecule has 2 aliphatic rings. The number of likely N-dealkylation sites (N-methyl/N-ethyl adjacent to an activating group) is 1. The summed E-state index contributed by atoms with van der Waals surface area (Å²) in [4.78, 5) is 25.3. The summed E-state index contributed by atoms with van der Waals surface area (Å²) in [7, 11) is 2.03. The number of imidazole rings is 1. The summed E-state index contributed by atoms with van der Waals surface area (Å²) in [6.45, 7) is 2.63. The minimum atomic E-state index is -1.36. The van der Waals surface area contributed by atoms with E-state index >= 15 is 0 Å². The number of anilines is 2. The Hall–Kier alpha value is -2.29. The number of aliphatic hydroxyl groups excluding tert-OH is 3.